The quantitative estimate of drug-likeness (QED) is 0.640. The van der Waals surface area contributed by atoms with Crippen molar-refractivity contribution in [2.24, 2.45) is 0 Å². The van der Waals surface area contributed by atoms with Crippen LogP contribution in [0, 0.1) is 0 Å². The molecule has 0 aliphatic carbocycles. The Bertz CT molecular complexity index is 164. The van der Waals surface area contributed by atoms with Gasteiger partial charge in [0.15, 0.2) is 0 Å². The minimum atomic E-state index is -0.139. The SMILES string of the molecule is O=CC1CCCCCCCCCCCCCO1. The molecule has 1 saturated heterocycles. The highest BCUT2D eigenvalue weighted by atomic mass is 16.5. The Kier molecular flexibility index (Phi) is 9.30. The number of carbonyl (C=O) groups is 1. The maximum atomic E-state index is 10.8. The zero-order valence-electron chi connectivity index (χ0n) is 11.2. The van der Waals surface area contributed by atoms with Gasteiger partial charge in [-0.3, -0.25) is 0 Å². The van der Waals surface area contributed by atoms with E-state index in [1.165, 1.54) is 57.8 Å². The van der Waals surface area contributed by atoms with Crippen LogP contribution < -0.4 is 0 Å². The van der Waals surface area contributed by atoms with Crippen LogP contribution in [0.1, 0.15) is 77.0 Å². The van der Waals surface area contributed by atoms with Crippen molar-refractivity contribution in [2.75, 3.05) is 6.61 Å². The molecule has 2 nitrogen and oxygen atoms in total. The van der Waals surface area contributed by atoms with E-state index < -0.39 is 0 Å². The van der Waals surface area contributed by atoms with Crippen molar-refractivity contribution in [1.29, 1.82) is 0 Å². The molecule has 0 spiro atoms. The van der Waals surface area contributed by atoms with Gasteiger partial charge in [-0.1, -0.05) is 64.2 Å². The molecule has 1 unspecified atom stereocenters. The Balaban J connectivity index is 2.19. The number of rotatable bonds is 1. The molecule has 17 heavy (non-hydrogen) atoms. The Morgan fingerprint density at radius 1 is 0.706 bits per heavy atom. The standard InChI is InChI=1S/C15H28O2/c16-14-15-12-10-8-6-4-2-1-3-5-7-9-11-13-17-15/h14-15H,1-13H2. The number of hydrogen-bond acceptors (Lipinski definition) is 2. The fourth-order valence-electron chi connectivity index (χ4n) is 2.46. The van der Waals surface area contributed by atoms with Crippen molar-refractivity contribution in [3.8, 4) is 0 Å². The summed E-state index contributed by atoms with van der Waals surface area (Å²) in [5.74, 6) is 0. The van der Waals surface area contributed by atoms with Crippen LogP contribution in [0.5, 0.6) is 0 Å². The van der Waals surface area contributed by atoms with Gasteiger partial charge in [-0.2, -0.15) is 0 Å². The van der Waals surface area contributed by atoms with Gasteiger partial charge >= 0.3 is 0 Å². The summed E-state index contributed by atoms with van der Waals surface area (Å²) >= 11 is 0. The number of aldehydes is 1. The Labute approximate surface area is 106 Å². The second-order valence-electron chi connectivity index (χ2n) is 5.22. The molecule has 0 N–H and O–H groups in total. The smallest absolute Gasteiger partial charge is 0.148 e. The van der Waals surface area contributed by atoms with Crippen LogP contribution in [-0.2, 0) is 9.53 Å². The molecular formula is C15H28O2. The Hall–Kier alpha value is -0.370. The van der Waals surface area contributed by atoms with Crippen LogP contribution in [-0.4, -0.2) is 19.0 Å². The second-order valence-corrected chi connectivity index (χ2v) is 5.22. The Morgan fingerprint density at radius 3 is 1.71 bits per heavy atom. The lowest BCUT2D eigenvalue weighted by molar-refractivity contribution is -0.118. The summed E-state index contributed by atoms with van der Waals surface area (Å²) in [4.78, 5) is 10.8. The van der Waals surface area contributed by atoms with Crippen molar-refractivity contribution in [3.05, 3.63) is 0 Å². The molecule has 100 valence electrons. The van der Waals surface area contributed by atoms with Crippen LogP contribution in [0.4, 0.5) is 0 Å². The van der Waals surface area contributed by atoms with Gasteiger partial charge in [0.2, 0.25) is 0 Å². The molecule has 0 bridgehead atoms. The third-order valence-corrected chi connectivity index (χ3v) is 3.62. The molecule has 0 aromatic heterocycles. The van der Waals surface area contributed by atoms with Crippen molar-refractivity contribution >= 4 is 6.29 Å². The molecule has 1 atom stereocenters. The summed E-state index contributed by atoms with van der Waals surface area (Å²) in [6, 6.07) is 0. The van der Waals surface area contributed by atoms with Gasteiger partial charge in [-0.05, 0) is 12.8 Å². The number of ether oxygens (including phenoxy) is 1. The summed E-state index contributed by atoms with van der Waals surface area (Å²) in [5, 5.41) is 0. The first kappa shape index (κ1) is 14.7. The van der Waals surface area contributed by atoms with Gasteiger partial charge in [-0.15, -0.1) is 0 Å². The zero-order chi connectivity index (χ0) is 12.2. The van der Waals surface area contributed by atoms with E-state index >= 15 is 0 Å². The average Bonchev–Trinajstić information content (AvgIpc) is 2.36. The average molecular weight is 240 g/mol. The van der Waals surface area contributed by atoms with Crippen molar-refractivity contribution in [3.63, 3.8) is 0 Å². The van der Waals surface area contributed by atoms with Gasteiger partial charge in [0.1, 0.15) is 12.4 Å². The normalized spacial score (nSPS) is 26.7. The van der Waals surface area contributed by atoms with Crippen LogP contribution in [0.15, 0.2) is 0 Å². The molecule has 0 radical (unpaired) electrons. The minimum absolute atomic E-state index is 0.139. The molecule has 0 aromatic carbocycles. The number of hydrogen-bond donors (Lipinski definition) is 0. The highest BCUT2D eigenvalue weighted by Gasteiger charge is 2.07. The van der Waals surface area contributed by atoms with Gasteiger partial charge in [0.05, 0.1) is 0 Å². The predicted molar refractivity (Wildman–Crippen MR) is 71.2 cm³/mol. The third-order valence-electron chi connectivity index (χ3n) is 3.62. The molecule has 0 aromatic rings. The van der Waals surface area contributed by atoms with Crippen molar-refractivity contribution in [2.45, 2.75) is 83.2 Å². The van der Waals surface area contributed by atoms with E-state index in [2.05, 4.69) is 0 Å². The molecule has 2 heteroatoms. The van der Waals surface area contributed by atoms with Crippen LogP contribution in [0.2, 0.25) is 0 Å². The Morgan fingerprint density at radius 2 is 1.18 bits per heavy atom. The van der Waals surface area contributed by atoms with E-state index in [0.717, 1.165) is 32.2 Å². The minimum Gasteiger partial charge on any atom is -0.371 e. The van der Waals surface area contributed by atoms with Gasteiger partial charge in [0.25, 0.3) is 0 Å². The first-order valence-corrected chi connectivity index (χ1v) is 7.50. The largest absolute Gasteiger partial charge is 0.371 e. The van der Waals surface area contributed by atoms with Gasteiger partial charge in [-0.25, -0.2) is 0 Å². The van der Waals surface area contributed by atoms with E-state index in [-0.39, 0.29) is 6.10 Å². The van der Waals surface area contributed by atoms with E-state index in [1.807, 2.05) is 0 Å². The monoisotopic (exact) mass is 240 g/mol. The lowest BCUT2D eigenvalue weighted by Crippen LogP contribution is -2.15. The second kappa shape index (κ2) is 10.8. The zero-order valence-corrected chi connectivity index (χ0v) is 11.2. The van der Waals surface area contributed by atoms with Crippen molar-refractivity contribution < 1.29 is 9.53 Å². The molecule has 1 rings (SSSR count). The molecule has 1 heterocycles. The first-order chi connectivity index (χ1) is 8.43. The van der Waals surface area contributed by atoms with E-state index in [9.17, 15) is 4.79 Å². The van der Waals surface area contributed by atoms with Gasteiger partial charge < -0.3 is 9.53 Å². The molecule has 1 fully saturated rings. The molecule has 0 amide bonds. The topological polar surface area (TPSA) is 26.3 Å². The van der Waals surface area contributed by atoms with E-state index in [0.29, 0.717) is 0 Å². The van der Waals surface area contributed by atoms with Crippen molar-refractivity contribution in [1.82, 2.24) is 0 Å². The summed E-state index contributed by atoms with van der Waals surface area (Å²) < 4.78 is 5.60. The summed E-state index contributed by atoms with van der Waals surface area (Å²) in [6.45, 7) is 0.767. The van der Waals surface area contributed by atoms with E-state index in [1.54, 1.807) is 0 Å². The highest BCUT2D eigenvalue weighted by molar-refractivity contribution is 5.55. The maximum absolute atomic E-state index is 10.8. The van der Waals surface area contributed by atoms with Crippen LogP contribution in [0.3, 0.4) is 0 Å². The fourth-order valence-corrected chi connectivity index (χ4v) is 2.46. The number of carbonyl (C=O) groups excluding carboxylic acids is 1. The maximum Gasteiger partial charge on any atom is 0.148 e. The molecular weight excluding hydrogens is 212 g/mol. The summed E-state index contributed by atoms with van der Waals surface area (Å²) in [6.07, 6.45) is 16.1. The molecule has 0 saturated carbocycles. The summed E-state index contributed by atoms with van der Waals surface area (Å²) in [7, 11) is 0. The summed E-state index contributed by atoms with van der Waals surface area (Å²) in [5.41, 5.74) is 0. The van der Waals surface area contributed by atoms with Crippen LogP contribution >= 0.6 is 0 Å². The highest BCUT2D eigenvalue weighted by Crippen LogP contribution is 2.14. The lowest BCUT2D eigenvalue weighted by atomic mass is 10.0. The molecule has 1 aliphatic rings. The fraction of sp³-hybridized carbons (Fsp3) is 0.933. The lowest BCUT2D eigenvalue weighted by Gasteiger charge is -2.11. The van der Waals surface area contributed by atoms with E-state index in [4.69, 9.17) is 4.74 Å². The third kappa shape index (κ3) is 8.37. The van der Waals surface area contributed by atoms with Gasteiger partial charge in [0, 0.05) is 6.61 Å². The first-order valence-electron chi connectivity index (χ1n) is 7.50. The molecule has 1 aliphatic heterocycles. The van der Waals surface area contributed by atoms with Crippen LogP contribution in [0.25, 0.3) is 0 Å². The predicted octanol–water partition coefficient (Wildman–Crippen LogP) is 4.27.